The lowest BCUT2D eigenvalue weighted by Gasteiger charge is -2.00. The van der Waals surface area contributed by atoms with Gasteiger partial charge in [0.15, 0.2) is 17.3 Å². The lowest BCUT2D eigenvalue weighted by atomic mass is 10.1. The van der Waals surface area contributed by atoms with Crippen LogP contribution >= 0.6 is 12.6 Å². The first-order valence-corrected chi connectivity index (χ1v) is 4.98. The average Bonchev–Trinajstić information content (AvgIpc) is 2.64. The van der Waals surface area contributed by atoms with Crippen LogP contribution in [0.5, 0.6) is 11.5 Å². The van der Waals surface area contributed by atoms with Crippen LogP contribution in [0, 0.1) is 0 Å². The quantitative estimate of drug-likeness (QED) is 0.611. The van der Waals surface area contributed by atoms with Gasteiger partial charge >= 0.3 is 0 Å². The number of thiol groups is 1. The van der Waals surface area contributed by atoms with Crippen LogP contribution in [-0.2, 0) is 0 Å². The van der Waals surface area contributed by atoms with Crippen molar-refractivity contribution in [2.75, 3.05) is 12.5 Å². The number of ketones is 1. The van der Waals surface area contributed by atoms with E-state index in [2.05, 4.69) is 12.6 Å². The van der Waals surface area contributed by atoms with Crippen molar-refractivity contribution in [2.24, 2.45) is 0 Å². The second-order valence-electron chi connectivity index (χ2n) is 2.96. The van der Waals surface area contributed by atoms with E-state index >= 15 is 0 Å². The first kappa shape index (κ1) is 9.40. The molecule has 14 heavy (non-hydrogen) atoms. The Bertz CT molecular complexity index is 362. The summed E-state index contributed by atoms with van der Waals surface area (Å²) < 4.78 is 10.3. The summed E-state index contributed by atoms with van der Waals surface area (Å²) in [4.78, 5) is 11.5. The Hall–Kier alpha value is -1.16. The van der Waals surface area contributed by atoms with E-state index in [1.165, 1.54) is 0 Å². The molecule has 0 amide bonds. The SMILES string of the molecule is O=C(CCS)c1ccc2c(c1)OCO2. The standard InChI is InChI=1S/C10H10O3S/c11-8(3-4-14)7-1-2-9-10(5-7)13-6-12-9/h1-2,5,14H,3-4,6H2. The van der Waals surface area contributed by atoms with Crippen molar-refractivity contribution in [3.8, 4) is 11.5 Å². The fraction of sp³-hybridized carbons (Fsp3) is 0.300. The highest BCUT2D eigenvalue weighted by Gasteiger charge is 2.15. The van der Waals surface area contributed by atoms with Gasteiger partial charge in [0, 0.05) is 12.0 Å². The lowest BCUT2D eigenvalue weighted by molar-refractivity contribution is 0.0989. The monoisotopic (exact) mass is 210 g/mol. The molecule has 0 atom stereocenters. The van der Waals surface area contributed by atoms with Gasteiger partial charge in [0.1, 0.15) is 0 Å². The third-order valence-corrected chi connectivity index (χ3v) is 2.26. The molecule has 0 radical (unpaired) electrons. The van der Waals surface area contributed by atoms with Gasteiger partial charge in [-0.2, -0.15) is 12.6 Å². The molecule has 0 aromatic heterocycles. The molecule has 0 saturated carbocycles. The second-order valence-corrected chi connectivity index (χ2v) is 3.41. The molecule has 0 bridgehead atoms. The smallest absolute Gasteiger partial charge is 0.231 e. The summed E-state index contributed by atoms with van der Waals surface area (Å²) >= 11 is 4.01. The molecule has 1 aromatic rings. The van der Waals surface area contributed by atoms with Crippen molar-refractivity contribution in [3.63, 3.8) is 0 Å². The summed E-state index contributed by atoms with van der Waals surface area (Å²) in [6.45, 7) is 0.236. The zero-order valence-corrected chi connectivity index (χ0v) is 8.42. The van der Waals surface area contributed by atoms with Gasteiger partial charge in [-0.15, -0.1) is 0 Å². The third-order valence-electron chi connectivity index (χ3n) is 2.03. The van der Waals surface area contributed by atoms with Crippen LogP contribution in [0.3, 0.4) is 0 Å². The molecule has 0 fully saturated rings. The Morgan fingerprint density at radius 3 is 2.93 bits per heavy atom. The fourth-order valence-electron chi connectivity index (χ4n) is 1.32. The van der Waals surface area contributed by atoms with Gasteiger partial charge in [0.25, 0.3) is 0 Å². The number of Topliss-reactive ketones (excluding diaryl/α,β-unsaturated/α-hetero) is 1. The van der Waals surface area contributed by atoms with Gasteiger partial charge in [-0.25, -0.2) is 0 Å². The maximum absolute atomic E-state index is 11.5. The molecule has 0 unspecified atom stereocenters. The first-order chi connectivity index (χ1) is 6.81. The van der Waals surface area contributed by atoms with Gasteiger partial charge in [0.05, 0.1) is 0 Å². The largest absolute Gasteiger partial charge is 0.454 e. The molecule has 0 spiro atoms. The summed E-state index contributed by atoms with van der Waals surface area (Å²) in [5.41, 5.74) is 0.656. The van der Waals surface area contributed by atoms with Crippen LogP contribution in [0.1, 0.15) is 16.8 Å². The van der Waals surface area contributed by atoms with E-state index in [1.807, 2.05) is 0 Å². The number of hydrogen-bond donors (Lipinski definition) is 1. The lowest BCUT2D eigenvalue weighted by Crippen LogP contribution is -1.99. The zero-order chi connectivity index (χ0) is 9.97. The number of rotatable bonds is 3. The Balaban J connectivity index is 2.24. The van der Waals surface area contributed by atoms with Crippen molar-refractivity contribution in [3.05, 3.63) is 23.8 Å². The molecule has 1 aliphatic heterocycles. The highest BCUT2D eigenvalue weighted by Crippen LogP contribution is 2.32. The Labute approximate surface area is 87.4 Å². The van der Waals surface area contributed by atoms with Crippen LogP contribution in [0.2, 0.25) is 0 Å². The summed E-state index contributed by atoms with van der Waals surface area (Å²) in [6.07, 6.45) is 0.447. The van der Waals surface area contributed by atoms with E-state index in [9.17, 15) is 4.79 Å². The predicted molar refractivity (Wildman–Crippen MR) is 55.4 cm³/mol. The van der Waals surface area contributed by atoms with Gasteiger partial charge in [-0.3, -0.25) is 4.79 Å². The number of carbonyl (C=O) groups is 1. The first-order valence-electron chi connectivity index (χ1n) is 4.35. The number of carbonyl (C=O) groups excluding carboxylic acids is 1. The topological polar surface area (TPSA) is 35.5 Å². The van der Waals surface area contributed by atoms with Crippen LogP contribution in [-0.4, -0.2) is 18.3 Å². The summed E-state index contributed by atoms with van der Waals surface area (Å²) in [6, 6.07) is 5.22. The van der Waals surface area contributed by atoms with E-state index in [0.29, 0.717) is 29.2 Å². The Morgan fingerprint density at radius 1 is 1.36 bits per heavy atom. The molecule has 74 valence electrons. The highest BCUT2D eigenvalue weighted by atomic mass is 32.1. The minimum atomic E-state index is 0.0818. The van der Waals surface area contributed by atoms with Crippen molar-refractivity contribution < 1.29 is 14.3 Å². The van der Waals surface area contributed by atoms with Crippen LogP contribution in [0.25, 0.3) is 0 Å². The molecule has 0 N–H and O–H groups in total. The van der Waals surface area contributed by atoms with Gasteiger partial charge in [-0.1, -0.05) is 0 Å². The van der Waals surface area contributed by atoms with E-state index < -0.39 is 0 Å². The molecule has 3 nitrogen and oxygen atoms in total. The van der Waals surface area contributed by atoms with E-state index in [-0.39, 0.29) is 12.6 Å². The molecular weight excluding hydrogens is 200 g/mol. The zero-order valence-electron chi connectivity index (χ0n) is 7.53. The van der Waals surface area contributed by atoms with Gasteiger partial charge in [-0.05, 0) is 24.0 Å². The molecule has 2 rings (SSSR count). The molecular formula is C10H10O3S. The minimum Gasteiger partial charge on any atom is -0.454 e. The van der Waals surface area contributed by atoms with Gasteiger partial charge in [0.2, 0.25) is 6.79 Å². The number of fused-ring (bicyclic) bond motifs is 1. The predicted octanol–water partition coefficient (Wildman–Crippen LogP) is 1.92. The van der Waals surface area contributed by atoms with Crippen LogP contribution in [0.15, 0.2) is 18.2 Å². The highest BCUT2D eigenvalue weighted by molar-refractivity contribution is 7.80. The number of ether oxygens (including phenoxy) is 2. The van der Waals surface area contributed by atoms with Crippen LogP contribution in [0.4, 0.5) is 0 Å². The van der Waals surface area contributed by atoms with E-state index in [1.54, 1.807) is 18.2 Å². The fourth-order valence-corrected chi connectivity index (χ4v) is 1.52. The summed E-state index contributed by atoms with van der Waals surface area (Å²) in [7, 11) is 0. The maximum Gasteiger partial charge on any atom is 0.231 e. The molecule has 1 heterocycles. The second kappa shape index (κ2) is 3.92. The Kier molecular flexibility index (Phi) is 2.63. The number of hydrogen-bond acceptors (Lipinski definition) is 4. The van der Waals surface area contributed by atoms with Crippen molar-refractivity contribution in [1.29, 1.82) is 0 Å². The molecule has 1 aliphatic rings. The van der Waals surface area contributed by atoms with Crippen molar-refractivity contribution >= 4 is 18.4 Å². The molecule has 4 heteroatoms. The third kappa shape index (κ3) is 1.70. The summed E-state index contributed by atoms with van der Waals surface area (Å²) in [5, 5.41) is 0. The maximum atomic E-state index is 11.5. The molecule has 0 saturated heterocycles. The van der Waals surface area contributed by atoms with Crippen molar-refractivity contribution in [2.45, 2.75) is 6.42 Å². The number of benzene rings is 1. The molecule has 1 aromatic carbocycles. The minimum absolute atomic E-state index is 0.0818. The van der Waals surface area contributed by atoms with Crippen molar-refractivity contribution in [1.82, 2.24) is 0 Å². The van der Waals surface area contributed by atoms with E-state index in [4.69, 9.17) is 9.47 Å². The van der Waals surface area contributed by atoms with E-state index in [0.717, 1.165) is 0 Å². The molecule has 0 aliphatic carbocycles. The van der Waals surface area contributed by atoms with Crippen LogP contribution < -0.4 is 9.47 Å². The average molecular weight is 210 g/mol. The Morgan fingerprint density at radius 2 is 2.14 bits per heavy atom. The summed E-state index contributed by atoms with van der Waals surface area (Å²) in [5.74, 6) is 1.99. The normalized spacial score (nSPS) is 12.9. The van der Waals surface area contributed by atoms with Gasteiger partial charge < -0.3 is 9.47 Å².